The number of piperidine rings is 1. The third-order valence-electron chi connectivity index (χ3n) is 4.93. The van der Waals surface area contributed by atoms with Gasteiger partial charge in [-0.2, -0.15) is 0 Å². The van der Waals surface area contributed by atoms with Gasteiger partial charge in [-0.15, -0.1) is 0 Å². The molecule has 0 unspecified atom stereocenters. The van der Waals surface area contributed by atoms with E-state index in [1.165, 1.54) is 19.3 Å². The highest BCUT2D eigenvalue weighted by atomic mass is 16.5. The van der Waals surface area contributed by atoms with E-state index < -0.39 is 11.8 Å². The number of amides is 2. The van der Waals surface area contributed by atoms with Crippen molar-refractivity contribution in [3.05, 3.63) is 54.1 Å². The Labute approximate surface area is 165 Å². The quantitative estimate of drug-likeness (QED) is 0.755. The average molecular weight is 381 g/mol. The Morgan fingerprint density at radius 1 is 0.964 bits per heavy atom. The highest BCUT2D eigenvalue weighted by Gasteiger charge is 2.15. The molecule has 0 aliphatic carbocycles. The fraction of sp³-hybridized carbons (Fsp3) is 0.364. The molecular formula is C22H27N3O3. The fourth-order valence-corrected chi connectivity index (χ4v) is 3.40. The van der Waals surface area contributed by atoms with Crippen molar-refractivity contribution < 1.29 is 14.3 Å². The number of benzene rings is 2. The van der Waals surface area contributed by atoms with Crippen LogP contribution in [0, 0.1) is 0 Å². The predicted molar refractivity (Wildman–Crippen MR) is 111 cm³/mol. The van der Waals surface area contributed by atoms with Crippen LogP contribution in [0.4, 0.5) is 11.4 Å². The van der Waals surface area contributed by atoms with E-state index in [1.54, 1.807) is 7.11 Å². The van der Waals surface area contributed by atoms with Gasteiger partial charge in [-0.25, -0.2) is 0 Å². The van der Waals surface area contributed by atoms with Crippen LogP contribution in [0.3, 0.4) is 0 Å². The monoisotopic (exact) mass is 381 g/mol. The summed E-state index contributed by atoms with van der Waals surface area (Å²) in [6, 6.07) is 15.3. The minimum atomic E-state index is -0.661. The van der Waals surface area contributed by atoms with Gasteiger partial charge in [-0.05, 0) is 61.6 Å². The van der Waals surface area contributed by atoms with Crippen LogP contribution in [0.25, 0.3) is 0 Å². The second kappa shape index (κ2) is 9.78. The van der Waals surface area contributed by atoms with Gasteiger partial charge >= 0.3 is 11.8 Å². The number of rotatable bonds is 6. The van der Waals surface area contributed by atoms with Gasteiger partial charge in [0.05, 0.1) is 7.11 Å². The highest BCUT2D eigenvalue weighted by Crippen LogP contribution is 2.21. The first-order valence-electron chi connectivity index (χ1n) is 9.73. The lowest BCUT2D eigenvalue weighted by atomic mass is 10.1. The summed E-state index contributed by atoms with van der Waals surface area (Å²) in [6.45, 7) is 2.50. The number of methoxy groups -OCH3 is 1. The molecule has 6 heteroatoms. The molecule has 28 heavy (non-hydrogen) atoms. The topological polar surface area (TPSA) is 70.7 Å². The molecule has 2 aromatic rings. The standard InChI is InChI=1S/C22H27N3O3/c1-28-20-8-4-3-7-17(20)13-14-23-21(26)22(27)24-18-9-11-19(12-10-18)25-15-5-2-6-16-25/h3-4,7-12H,2,5-6,13-16H2,1H3,(H,23,26)(H,24,27). The molecule has 1 saturated heterocycles. The second-order valence-corrected chi connectivity index (χ2v) is 6.87. The van der Waals surface area contributed by atoms with Crippen LogP contribution in [-0.2, 0) is 16.0 Å². The van der Waals surface area contributed by atoms with Crippen LogP contribution in [0.5, 0.6) is 5.75 Å². The van der Waals surface area contributed by atoms with Crippen LogP contribution < -0.4 is 20.3 Å². The lowest BCUT2D eigenvalue weighted by Crippen LogP contribution is -2.36. The van der Waals surface area contributed by atoms with Gasteiger partial charge in [0.1, 0.15) is 5.75 Å². The number of ether oxygens (including phenoxy) is 1. The third kappa shape index (κ3) is 5.25. The van der Waals surface area contributed by atoms with Crippen molar-refractivity contribution in [2.45, 2.75) is 25.7 Å². The molecule has 0 bridgehead atoms. The molecule has 148 valence electrons. The molecule has 2 amide bonds. The summed E-state index contributed by atoms with van der Waals surface area (Å²) < 4.78 is 5.29. The zero-order valence-electron chi connectivity index (χ0n) is 16.2. The molecular weight excluding hydrogens is 354 g/mol. The number of nitrogens with one attached hydrogen (secondary N) is 2. The summed E-state index contributed by atoms with van der Waals surface area (Å²) in [5, 5.41) is 5.30. The molecule has 2 N–H and O–H groups in total. The molecule has 3 rings (SSSR count). The summed E-state index contributed by atoms with van der Waals surface area (Å²) in [7, 11) is 1.61. The second-order valence-electron chi connectivity index (χ2n) is 6.87. The van der Waals surface area contributed by atoms with Crippen molar-refractivity contribution in [2.24, 2.45) is 0 Å². The van der Waals surface area contributed by atoms with E-state index in [0.29, 0.717) is 18.7 Å². The highest BCUT2D eigenvalue weighted by molar-refractivity contribution is 6.39. The van der Waals surface area contributed by atoms with Crippen LogP contribution in [0.1, 0.15) is 24.8 Å². The zero-order valence-corrected chi connectivity index (χ0v) is 16.2. The van der Waals surface area contributed by atoms with E-state index in [1.807, 2.05) is 48.5 Å². The smallest absolute Gasteiger partial charge is 0.313 e. The number of para-hydroxylation sites is 1. The SMILES string of the molecule is COc1ccccc1CCNC(=O)C(=O)Nc1ccc(N2CCCCC2)cc1. The normalized spacial score (nSPS) is 13.7. The van der Waals surface area contributed by atoms with Crippen LogP contribution >= 0.6 is 0 Å². The van der Waals surface area contributed by atoms with E-state index in [0.717, 1.165) is 30.1 Å². The first-order valence-corrected chi connectivity index (χ1v) is 9.73. The molecule has 1 heterocycles. The van der Waals surface area contributed by atoms with Crippen molar-refractivity contribution in [1.29, 1.82) is 0 Å². The Bertz CT molecular complexity index is 799. The maximum absolute atomic E-state index is 12.1. The van der Waals surface area contributed by atoms with Gasteiger partial charge < -0.3 is 20.3 Å². The maximum Gasteiger partial charge on any atom is 0.313 e. The number of hydrogen-bond acceptors (Lipinski definition) is 4. The number of hydrogen-bond donors (Lipinski definition) is 2. The van der Waals surface area contributed by atoms with E-state index in [4.69, 9.17) is 4.74 Å². The molecule has 1 aliphatic rings. The molecule has 0 saturated carbocycles. The molecule has 0 aromatic heterocycles. The van der Waals surface area contributed by atoms with Crippen molar-refractivity contribution in [1.82, 2.24) is 5.32 Å². The van der Waals surface area contributed by atoms with E-state index in [9.17, 15) is 9.59 Å². The van der Waals surface area contributed by atoms with E-state index in [-0.39, 0.29) is 0 Å². The van der Waals surface area contributed by atoms with Gasteiger partial charge in [-0.3, -0.25) is 9.59 Å². The van der Waals surface area contributed by atoms with Crippen LogP contribution in [-0.4, -0.2) is 38.6 Å². The first kappa shape index (κ1) is 19.7. The molecule has 1 fully saturated rings. The Balaban J connectivity index is 1.46. The summed E-state index contributed by atoms with van der Waals surface area (Å²) >= 11 is 0. The Hall–Kier alpha value is -3.02. The van der Waals surface area contributed by atoms with Crippen molar-refractivity contribution in [3.8, 4) is 5.75 Å². The molecule has 0 spiro atoms. The molecule has 1 aliphatic heterocycles. The third-order valence-corrected chi connectivity index (χ3v) is 4.93. The summed E-state index contributed by atoms with van der Waals surface area (Å²) in [5.74, 6) is -0.532. The summed E-state index contributed by atoms with van der Waals surface area (Å²) in [4.78, 5) is 26.5. The molecule has 2 aromatic carbocycles. The minimum absolute atomic E-state index is 0.362. The Kier molecular flexibility index (Phi) is 6.89. The maximum atomic E-state index is 12.1. The number of nitrogens with zero attached hydrogens (tertiary/aromatic N) is 1. The molecule has 0 radical (unpaired) electrons. The lowest BCUT2D eigenvalue weighted by molar-refractivity contribution is -0.136. The number of anilines is 2. The number of carbonyl (C=O) groups excluding carboxylic acids is 2. The molecule has 6 nitrogen and oxygen atoms in total. The van der Waals surface area contributed by atoms with Crippen molar-refractivity contribution in [2.75, 3.05) is 37.0 Å². The van der Waals surface area contributed by atoms with Gasteiger partial charge in [0.2, 0.25) is 0 Å². The minimum Gasteiger partial charge on any atom is -0.496 e. The zero-order chi connectivity index (χ0) is 19.8. The van der Waals surface area contributed by atoms with Gasteiger partial charge in [0, 0.05) is 31.0 Å². The predicted octanol–water partition coefficient (Wildman–Crippen LogP) is 2.98. The van der Waals surface area contributed by atoms with Gasteiger partial charge in [-0.1, -0.05) is 18.2 Å². The summed E-state index contributed by atoms with van der Waals surface area (Å²) in [5.41, 5.74) is 2.75. The average Bonchev–Trinajstić information content (AvgIpc) is 2.75. The fourth-order valence-electron chi connectivity index (χ4n) is 3.40. The van der Waals surface area contributed by atoms with E-state index >= 15 is 0 Å². The molecule has 0 atom stereocenters. The van der Waals surface area contributed by atoms with Gasteiger partial charge in [0.25, 0.3) is 0 Å². The first-order chi connectivity index (χ1) is 13.7. The van der Waals surface area contributed by atoms with Crippen LogP contribution in [0.15, 0.2) is 48.5 Å². The van der Waals surface area contributed by atoms with Crippen molar-refractivity contribution in [3.63, 3.8) is 0 Å². The van der Waals surface area contributed by atoms with Crippen LogP contribution in [0.2, 0.25) is 0 Å². The summed E-state index contributed by atoms with van der Waals surface area (Å²) in [6.07, 6.45) is 4.31. The largest absolute Gasteiger partial charge is 0.496 e. The lowest BCUT2D eigenvalue weighted by Gasteiger charge is -2.28. The Morgan fingerprint density at radius 3 is 2.39 bits per heavy atom. The number of carbonyl (C=O) groups is 2. The Morgan fingerprint density at radius 2 is 1.68 bits per heavy atom. The van der Waals surface area contributed by atoms with Crippen molar-refractivity contribution >= 4 is 23.2 Å². The van der Waals surface area contributed by atoms with Gasteiger partial charge in [0.15, 0.2) is 0 Å². The van der Waals surface area contributed by atoms with E-state index in [2.05, 4.69) is 15.5 Å².